The van der Waals surface area contributed by atoms with Crippen molar-refractivity contribution < 1.29 is 22.4 Å². The minimum absolute atomic E-state index is 0.127. The first-order chi connectivity index (χ1) is 12.4. The van der Waals surface area contributed by atoms with E-state index in [4.69, 9.17) is 4.42 Å². The average Bonchev–Trinajstić information content (AvgIpc) is 3.31. The number of carbonyl (C=O) groups excluding carboxylic acids is 1. The number of rotatable bonds is 4. The van der Waals surface area contributed by atoms with E-state index in [1.807, 2.05) is 0 Å². The Balaban J connectivity index is 1.37. The minimum Gasteiger partial charge on any atom is -0.457 e. The number of furan rings is 1. The summed E-state index contributed by atoms with van der Waals surface area (Å²) in [5.41, 5.74) is -0.275. The van der Waals surface area contributed by atoms with Gasteiger partial charge in [0.15, 0.2) is 5.09 Å². The van der Waals surface area contributed by atoms with Gasteiger partial charge in [-0.3, -0.25) is 4.79 Å². The van der Waals surface area contributed by atoms with Crippen molar-refractivity contribution in [1.82, 2.24) is 10.6 Å². The molecule has 4 rings (SSSR count). The van der Waals surface area contributed by atoms with Gasteiger partial charge in [0.05, 0.1) is 5.56 Å². The van der Waals surface area contributed by atoms with Crippen LogP contribution in [0.3, 0.4) is 0 Å². The molecule has 3 heterocycles. The van der Waals surface area contributed by atoms with Crippen LogP contribution in [0.5, 0.6) is 0 Å². The molecule has 2 saturated heterocycles. The molecule has 1 aromatic heterocycles. The van der Waals surface area contributed by atoms with Crippen LogP contribution in [-0.2, 0) is 6.18 Å². The molecule has 2 bridgehead atoms. The van der Waals surface area contributed by atoms with Crippen molar-refractivity contribution in [3.8, 4) is 0 Å². The number of benzene rings is 1. The first-order valence-electron chi connectivity index (χ1n) is 8.39. The SMILES string of the molecule is O=C(N[C@@H]1C[C@H]2CC[C@@H]1N2)c1ccc(Sc2cc(C(F)(F)F)co2)cc1. The molecule has 3 atom stereocenters. The van der Waals surface area contributed by atoms with Crippen LogP contribution >= 0.6 is 11.8 Å². The van der Waals surface area contributed by atoms with Gasteiger partial charge in [0.2, 0.25) is 0 Å². The molecule has 8 heteroatoms. The summed E-state index contributed by atoms with van der Waals surface area (Å²) in [4.78, 5) is 13.1. The van der Waals surface area contributed by atoms with Crippen LogP contribution in [0.2, 0.25) is 0 Å². The van der Waals surface area contributed by atoms with E-state index in [2.05, 4.69) is 10.6 Å². The molecule has 1 aromatic carbocycles. The van der Waals surface area contributed by atoms with Crippen molar-refractivity contribution in [2.75, 3.05) is 0 Å². The molecule has 0 aliphatic carbocycles. The maximum atomic E-state index is 12.6. The molecule has 0 spiro atoms. The lowest BCUT2D eigenvalue weighted by atomic mass is 9.95. The van der Waals surface area contributed by atoms with Gasteiger partial charge in [-0.2, -0.15) is 13.2 Å². The van der Waals surface area contributed by atoms with Crippen LogP contribution in [0, 0.1) is 0 Å². The van der Waals surface area contributed by atoms with Crippen LogP contribution in [0.25, 0.3) is 0 Å². The summed E-state index contributed by atoms with van der Waals surface area (Å²) in [6.07, 6.45) is -0.489. The molecule has 0 unspecified atom stereocenters. The largest absolute Gasteiger partial charge is 0.457 e. The molecule has 2 aliphatic heterocycles. The second-order valence-electron chi connectivity index (χ2n) is 6.64. The zero-order valence-corrected chi connectivity index (χ0v) is 14.5. The van der Waals surface area contributed by atoms with Crippen molar-refractivity contribution in [2.24, 2.45) is 0 Å². The van der Waals surface area contributed by atoms with E-state index in [0.29, 0.717) is 28.8 Å². The summed E-state index contributed by atoms with van der Waals surface area (Å²) in [6, 6.07) is 8.76. The number of amides is 1. The van der Waals surface area contributed by atoms with E-state index in [9.17, 15) is 18.0 Å². The molecule has 2 aliphatic rings. The first-order valence-corrected chi connectivity index (χ1v) is 9.21. The van der Waals surface area contributed by atoms with Crippen LogP contribution in [-0.4, -0.2) is 24.0 Å². The highest BCUT2D eigenvalue weighted by Crippen LogP contribution is 2.36. The highest BCUT2D eigenvalue weighted by atomic mass is 32.2. The standard InChI is InChI=1S/C18H17F3N2O2S/c19-18(20,21)11-7-16(25-9-11)26-13-4-1-10(2-5-13)17(24)23-15-8-12-3-6-14(15)22-12/h1-2,4-5,7,9,12,14-15,22H,3,6,8H2,(H,23,24)/t12-,14+,15-/m1/s1. The number of halogens is 3. The first kappa shape index (κ1) is 17.5. The Bertz CT molecular complexity index is 804. The smallest absolute Gasteiger partial charge is 0.419 e. The fraction of sp³-hybridized carbons (Fsp3) is 0.389. The van der Waals surface area contributed by atoms with E-state index in [1.165, 1.54) is 6.42 Å². The summed E-state index contributed by atoms with van der Waals surface area (Å²) in [7, 11) is 0. The fourth-order valence-electron chi connectivity index (χ4n) is 3.54. The molecule has 4 nitrogen and oxygen atoms in total. The van der Waals surface area contributed by atoms with Crippen molar-refractivity contribution in [1.29, 1.82) is 0 Å². The van der Waals surface area contributed by atoms with Gasteiger partial charge >= 0.3 is 6.18 Å². The molecule has 26 heavy (non-hydrogen) atoms. The van der Waals surface area contributed by atoms with Crippen LogP contribution in [0.15, 0.2) is 51.0 Å². The molecular formula is C18H17F3N2O2S. The summed E-state index contributed by atoms with van der Waals surface area (Å²) >= 11 is 1.08. The Hall–Kier alpha value is -1.93. The number of carbonyl (C=O) groups is 1. The predicted octanol–water partition coefficient (Wildman–Crippen LogP) is 4.07. The molecule has 1 amide bonds. The number of hydrogen-bond acceptors (Lipinski definition) is 4. The van der Waals surface area contributed by atoms with Gasteiger partial charge in [0.25, 0.3) is 5.91 Å². The van der Waals surface area contributed by atoms with Gasteiger partial charge in [-0.15, -0.1) is 0 Å². The number of hydrogen-bond donors (Lipinski definition) is 2. The van der Waals surface area contributed by atoms with Crippen molar-refractivity contribution in [3.63, 3.8) is 0 Å². The number of nitrogens with one attached hydrogen (secondary N) is 2. The topological polar surface area (TPSA) is 54.3 Å². The summed E-state index contributed by atoms with van der Waals surface area (Å²) < 4.78 is 42.7. The van der Waals surface area contributed by atoms with Crippen LogP contribution < -0.4 is 10.6 Å². The van der Waals surface area contributed by atoms with Gasteiger partial charge in [0.1, 0.15) is 6.26 Å². The maximum absolute atomic E-state index is 12.6. The van der Waals surface area contributed by atoms with Gasteiger partial charge in [-0.05, 0) is 43.5 Å². The van der Waals surface area contributed by atoms with Gasteiger partial charge in [-0.1, -0.05) is 11.8 Å². The second kappa shape index (κ2) is 6.66. The third-order valence-electron chi connectivity index (χ3n) is 4.85. The summed E-state index contributed by atoms with van der Waals surface area (Å²) in [6.45, 7) is 0. The normalized spacial score (nSPS) is 24.8. The van der Waals surface area contributed by atoms with Gasteiger partial charge in [0, 0.05) is 34.7 Å². The third kappa shape index (κ3) is 3.61. The second-order valence-corrected chi connectivity index (χ2v) is 7.72. The Morgan fingerprint density at radius 3 is 2.58 bits per heavy atom. The average molecular weight is 382 g/mol. The highest BCUT2D eigenvalue weighted by Gasteiger charge is 2.39. The van der Waals surface area contributed by atoms with E-state index >= 15 is 0 Å². The summed E-state index contributed by atoms with van der Waals surface area (Å²) in [5.74, 6) is -0.127. The maximum Gasteiger partial charge on any atom is 0.419 e. The highest BCUT2D eigenvalue weighted by molar-refractivity contribution is 7.99. The Labute approximate surface area is 152 Å². The van der Waals surface area contributed by atoms with E-state index in [1.54, 1.807) is 24.3 Å². The summed E-state index contributed by atoms with van der Waals surface area (Å²) in [5, 5.41) is 6.69. The lowest BCUT2D eigenvalue weighted by Gasteiger charge is -2.21. The molecule has 138 valence electrons. The molecule has 2 fully saturated rings. The molecule has 2 aromatic rings. The minimum atomic E-state index is -4.42. The molecule has 0 radical (unpaired) electrons. The molecule has 2 N–H and O–H groups in total. The zero-order chi connectivity index (χ0) is 18.3. The third-order valence-corrected chi connectivity index (χ3v) is 5.78. The van der Waals surface area contributed by atoms with Crippen molar-refractivity contribution in [3.05, 3.63) is 47.7 Å². The van der Waals surface area contributed by atoms with Crippen LogP contribution in [0.1, 0.15) is 35.2 Å². The lowest BCUT2D eigenvalue weighted by Crippen LogP contribution is -2.42. The Morgan fingerprint density at radius 1 is 1.23 bits per heavy atom. The number of alkyl halides is 3. The monoisotopic (exact) mass is 382 g/mol. The van der Waals surface area contributed by atoms with E-state index < -0.39 is 11.7 Å². The van der Waals surface area contributed by atoms with Crippen molar-refractivity contribution in [2.45, 2.75) is 53.6 Å². The molecule has 0 saturated carbocycles. The fourth-order valence-corrected chi connectivity index (χ4v) is 4.33. The van der Waals surface area contributed by atoms with Gasteiger partial charge in [-0.25, -0.2) is 0 Å². The Morgan fingerprint density at radius 2 is 2.00 bits per heavy atom. The van der Waals surface area contributed by atoms with Crippen molar-refractivity contribution >= 4 is 17.7 Å². The quantitative estimate of drug-likeness (QED) is 0.837. The van der Waals surface area contributed by atoms with E-state index in [0.717, 1.165) is 30.7 Å². The zero-order valence-electron chi connectivity index (χ0n) is 13.7. The Kier molecular flexibility index (Phi) is 4.48. The lowest BCUT2D eigenvalue weighted by molar-refractivity contribution is -0.137. The van der Waals surface area contributed by atoms with E-state index in [-0.39, 0.29) is 17.0 Å². The predicted molar refractivity (Wildman–Crippen MR) is 90.1 cm³/mol. The molecular weight excluding hydrogens is 365 g/mol. The number of fused-ring (bicyclic) bond motifs is 2. The van der Waals surface area contributed by atoms with Gasteiger partial charge < -0.3 is 15.1 Å². The van der Waals surface area contributed by atoms with Crippen LogP contribution in [0.4, 0.5) is 13.2 Å².